The maximum Gasteiger partial charge on any atom is 0.185 e. The van der Waals surface area contributed by atoms with Gasteiger partial charge >= 0.3 is 0 Å². The second kappa shape index (κ2) is 3.81. The van der Waals surface area contributed by atoms with Crippen molar-refractivity contribution < 1.29 is 0 Å². The Morgan fingerprint density at radius 2 is 1.74 bits per heavy atom. The van der Waals surface area contributed by atoms with Crippen molar-refractivity contribution in [2.75, 3.05) is 0 Å². The van der Waals surface area contributed by atoms with Gasteiger partial charge in [-0.1, -0.05) is 17.3 Å². The van der Waals surface area contributed by atoms with Crippen molar-refractivity contribution >= 4 is 22.1 Å². The van der Waals surface area contributed by atoms with E-state index in [0.29, 0.717) is 11.5 Å². The minimum absolute atomic E-state index is 0.686. The number of aromatic nitrogens is 6. The predicted molar refractivity (Wildman–Crippen MR) is 69.8 cm³/mol. The molecule has 0 amide bonds. The van der Waals surface area contributed by atoms with E-state index in [-0.39, 0.29) is 0 Å². The minimum atomic E-state index is 0.686. The van der Waals surface area contributed by atoms with E-state index in [2.05, 4.69) is 25.3 Å². The second-order valence-corrected chi connectivity index (χ2v) is 4.06. The van der Waals surface area contributed by atoms with Crippen molar-refractivity contribution in [2.24, 2.45) is 0 Å². The summed E-state index contributed by atoms with van der Waals surface area (Å²) in [5.74, 6) is 0.687. The molecule has 0 radical (unpaired) electrons. The Bertz CT molecular complexity index is 877. The Kier molecular flexibility index (Phi) is 2.02. The molecule has 0 fully saturated rings. The topological polar surface area (TPSA) is 69.4 Å². The summed E-state index contributed by atoms with van der Waals surface area (Å²) < 4.78 is 1.64. The summed E-state index contributed by atoms with van der Waals surface area (Å²) in [6.45, 7) is 0. The molecule has 0 aliphatic carbocycles. The lowest BCUT2D eigenvalue weighted by molar-refractivity contribution is 0.798. The maximum absolute atomic E-state index is 4.31. The first kappa shape index (κ1) is 10.1. The summed E-state index contributed by atoms with van der Waals surface area (Å²) >= 11 is 0. The van der Waals surface area contributed by atoms with Crippen molar-refractivity contribution in [3.05, 3.63) is 48.9 Å². The maximum atomic E-state index is 4.31. The molecule has 3 aromatic heterocycles. The highest BCUT2D eigenvalue weighted by Crippen LogP contribution is 2.19. The average Bonchev–Trinajstić information content (AvgIpc) is 2.90. The standard InChI is InChI=1S/C13H8N6/c1-2-5-10-9(4-1)12(16-8-15-10)19-13-11(17-18-19)6-3-7-14-13/h1-8H. The normalized spacial score (nSPS) is 11.2. The molecule has 0 saturated heterocycles. The van der Waals surface area contributed by atoms with Crippen molar-refractivity contribution in [3.63, 3.8) is 0 Å². The summed E-state index contributed by atoms with van der Waals surface area (Å²) in [6.07, 6.45) is 3.24. The highest BCUT2D eigenvalue weighted by Gasteiger charge is 2.11. The van der Waals surface area contributed by atoms with Crippen LogP contribution in [0.2, 0.25) is 0 Å². The lowest BCUT2D eigenvalue weighted by Gasteiger charge is -2.03. The van der Waals surface area contributed by atoms with Crippen LogP contribution >= 0.6 is 0 Å². The smallest absolute Gasteiger partial charge is 0.185 e. The van der Waals surface area contributed by atoms with Gasteiger partial charge < -0.3 is 0 Å². The quantitative estimate of drug-likeness (QED) is 0.513. The molecule has 0 unspecified atom stereocenters. The van der Waals surface area contributed by atoms with Crippen LogP contribution in [-0.4, -0.2) is 29.9 Å². The van der Waals surface area contributed by atoms with Gasteiger partial charge in [0.25, 0.3) is 0 Å². The largest absolute Gasteiger partial charge is 0.236 e. The van der Waals surface area contributed by atoms with Crippen LogP contribution in [0.5, 0.6) is 0 Å². The highest BCUT2D eigenvalue weighted by molar-refractivity contribution is 5.86. The van der Waals surface area contributed by atoms with Crippen LogP contribution < -0.4 is 0 Å². The first-order valence-corrected chi connectivity index (χ1v) is 5.80. The predicted octanol–water partition coefficient (Wildman–Crippen LogP) is 1.76. The number of nitrogens with zero attached hydrogens (tertiary/aromatic N) is 6. The fraction of sp³-hybridized carbons (Fsp3) is 0. The van der Waals surface area contributed by atoms with Crippen molar-refractivity contribution in [1.82, 2.24) is 29.9 Å². The monoisotopic (exact) mass is 248 g/mol. The molecule has 6 heteroatoms. The number of hydrogen-bond acceptors (Lipinski definition) is 5. The molecule has 0 aliphatic heterocycles. The number of para-hydroxylation sites is 1. The van der Waals surface area contributed by atoms with Crippen LogP contribution in [0.25, 0.3) is 27.9 Å². The van der Waals surface area contributed by atoms with Crippen molar-refractivity contribution in [1.29, 1.82) is 0 Å². The molecule has 0 bridgehead atoms. The third-order valence-electron chi connectivity index (χ3n) is 2.93. The highest BCUT2D eigenvalue weighted by atomic mass is 15.5. The first-order chi connectivity index (χ1) is 9.43. The van der Waals surface area contributed by atoms with E-state index in [1.807, 2.05) is 36.4 Å². The van der Waals surface area contributed by atoms with Gasteiger partial charge in [0.05, 0.1) is 5.52 Å². The molecule has 0 spiro atoms. The average molecular weight is 248 g/mol. The van der Waals surface area contributed by atoms with Gasteiger partial charge in [0.15, 0.2) is 11.5 Å². The fourth-order valence-electron chi connectivity index (χ4n) is 2.07. The van der Waals surface area contributed by atoms with Gasteiger partial charge in [0, 0.05) is 11.6 Å². The lowest BCUT2D eigenvalue weighted by atomic mass is 10.2. The zero-order valence-corrected chi connectivity index (χ0v) is 9.80. The van der Waals surface area contributed by atoms with Gasteiger partial charge in [-0.15, -0.1) is 5.10 Å². The van der Waals surface area contributed by atoms with E-state index in [9.17, 15) is 0 Å². The van der Waals surface area contributed by atoms with E-state index in [0.717, 1.165) is 16.4 Å². The fourth-order valence-corrected chi connectivity index (χ4v) is 2.07. The summed E-state index contributed by atoms with van der Waals surface area (Å²) in [5.41, 5.74) is 2.30. The Balaban J connectivity index is 2.10. The molecular weight excluding hydrogens is 240 g/mol. The first-order valence-electron chi connectivity index (χ1n) is 5.80. The van der Waals surface area contributed by atoms with E-state index in [4.69, 9.17) is 0 Å². The molecule has 3 heterocycles. The number of fused-ring (bicyclic) bond motifs is 2. The van der Waals surface area contributed by atoms with Crippen LogP contribution in [-0.2, 0) is 0 Å². The van der Waals surface area contributed by atoms with Gasteiger partial charge in [-0.3, -0.25) is 0 Å². The summed E-state index contributed by atoms with van der Waals surface area (Å²) in [5, 5.41) is 9.14. The molecular formula is C13H8N6. The molecule has 90 valence electrons. The van der Waals surface area contributed by atoms with Gasteiger partial charge in [-0.2, -0.15) is 4.68 Å². The van der Waals surface area contributed by atoms with Crippen LogP contribution in [0.4, 0.5) is 0 Å². The molecule has 4 rings (SSSR count). The molecule has 19 heavy (non-hydrogen) atoms. The van der Waals surface area contributed by atoms with Gasteiger partial charge in [0.1, 0.15) is 11.8 Å². The molecule has 1 aromatic carbocycles. The molecule has 0 atom stereocenters. The number of pyridine rings is 1. The number of hydrogen-bond donors (Lipinski definition) is 0. The van der Waals surface area contributed by atoms with Crippen LogP contribution in [0.1, 0.15) is 0 Å². The second-order valence-electron chi connectivity index (χ2n) is 4.06. The van der Waals surface area contributed by atoms with Crippen LogP contribution in [0, 0.1) is 0 Å². The third kappa shape index (κ3) is 1.46. The van der Waals surface area contributed by atoms with Gasteiger partial charge in [-0.25, -0.2) is 15.0 Å². The van der Waals surface area contributed by atoms with E-state index >= 15 is 0 Å². The summed E-state index contributed by atoms with van der Waals surface area (Å²) in [6, 6.07) is 11.5. The van der Waals surface area contributed by atoms with Crippen LogP contribution in [0.3, 0.4) is 0 Å². The van der Waals surface area contributed by atoms with E-state index in [1.54, 1.807) is 10.9 Å². The molecule has 0 N–H and O–H groups in total. The molecule has 6 nitrogen and oxygen atoms in total. The Labute approximate surface area is 107 Å². The zero-order chi connectivity index (χ0) is 12.7. The van der Waals surface area contributed by atoms with Gasteiger partial charge in [-0.05, 0) is 24.3 Å². The number of benzene rings is 1. The summed E-state index contributed by atoms with van der Waals surface area (Å²) in [4.78, 5) is 12.8. The zero-order valence-electron chi connectivity index (χ0n) is 9.80. The molecule has 4 aromatic rings. The third-order valence-corrected chi connectivity index (χ3v) is 2.93. The van der Waals surface area contributed by atoms with Gasteiger partial charge in [0.2, 0.25) is 0 Å². The molecule has 0 aliphatic rings. The van der Waals surface area contributed by atoms with Crippen molar-refractivity contribution in [3.8, 4) is 5.82 Å². The Morgan fingerprint density at radius 3 is 2.74 bits per heavy atom. The summed E-state index contributed by atoms with van der Waals surface area (Å²) in [7, 11) is 0. The van der Waals surface area contributed by atoms with E-state index < -0.39 is 0 Å². The van der Waals surface area contributed by atoms with Crippen LogP contribution in [0.15, 0.2) is 48.9 Å². The lowest BCUT2D eigenvalue weighted by Crippen LogP contribution is -2.02. The number of rotatable bonds is 1. The van der Waals surface area contributed by atoms with E-state index in [1.165, 1.54) is 6.33 Å². The Hall–Kier alpha value is -2.89. The molecule has 0 saturated carbocycles. The SMILES string of the molecule is c1ccc2c(-n3nnc4cccnc43)ncnc2c1. The minimum Gasteiger partial charge on any atom is -0.236 e. The Morgan fingerprint density at radius 1 is 0.842 bits per heavy atom. The van der Waals surface area contributed by atoms with Crippen molar-refractivity contribution in [2.45, 2.75) is 0 Å².